The molecule has 8 heteroatoms. The molecule has 0 spiro atoms. The van der Waals surface area contributed by atoms with Crippen LogP contribution in [0.2, 0.25) is 0 Å². The first-order valence-electron chi connectivity index (χ1n) is 9.85. The third kappa shape index (κ3) is 3.77. The molecule has 0 saturated carbocycles. The van der Waals surface area contributed by atoms with Crippen LogP contribution in [-0.2, 0) is 6.42 Å². The van der Waals surface area contributed by atoms with Gasteiger partial charge in [0.25, 0.3) is 5.91 Å². The van der Waals surface area contributed by atoms with Gasteiger partial charge < -0.3 is 9.47 Å². The van der Waals surface area contributed by atoms with E-state index in [9.17, 15) is 4.79 Å². The first-order valence-corrected chi connectivity index (χ1v) is 10.7. The summed E-state index contributed by atoms with van der Waals surface area (Å²) in [4.78, 5) is 18.5. The molecule has 0 atom stereocenters. The van der Waals surface area contributed by atoms with Crippen LogP contribution in [0.3, 0.4) is 0 Å². The van der Waals surface area contributed by atoms with Crippen molar-refractivity contribution in [1.29, 1.82) is 0 Å². The standard InChI is InChI=1S/C23H20N4O3S/c1-14-21(11-16-8-9-19-20(10-16)30-13-29-19)31-23(25-14)26-22(28)18-12-24-27(15(18)2)17-6-4-3-5-7-17/h3-10,12H,11,13H2,1-2H3,(H,25,26,28). The molecule has 31 heavy (non-hydrogen) atoms. The smallest absolute Gasteiger partial charge is 0.260 e. The second-order valence-electron chi connectivity index (χ2n) is 7.24. The largest absolute Gasteiger partial charge is 0.454 e. The molecular weight excluding hydrogens is 412 g/mol. The van der Waals surface area contributed by atoms with Gasteiger partial charge in [0.15, 0.2) is 16.6 Å². The van der Waals surface area contributed by atoms with Crippen LogP contribution in [0.25, 0.3) is 5.69 Å². The highest BCUT2D eigenvalue weighted by Gasteiger charge is 2.18. The van der Waals surface area contributed by atoms with E-state index in [0.717, 1.165) is 39.0 Å². The molecule has 7 nitrogen and oxygen atoms in total. The van der Waals surface area contributed by atoms with E-state index in [1.54, 1.807) is 10.9 Å². The summed E-state index contributed by atoms with van der Waals surface area (Å²) in [6.45, 7) is 4.09. The fourth-order valence-electron chi connectivity index (χ4n) is 3.51. The first-order chi connectivity index (χ1) is 15.1. The number of carbonyl (C=O) groups is 1. The Labute approximate surface area is 183 Å². The van der Waals surface area contributed by atoms with Gasteiger partial charge >= 0.3 is 0 Å². The highest BCUT2D eigenvalue weighted by Crippen LogP contribution is 2.34. The molecule has 1 aliphatic rings. The Morgan fingerprint density at radius 3 is 2.77 bits per heavy atom. The van der Waals surface area contributed by atoms with E-state index in [1.165, 1.54) is 11.3 Å². The molecule has 2 aromatic heterocycles. The fourth-order valence-corrected chi connectivity index (χ4v) is 4.50. The minimum atomic E-state index is -0.219. The van der Waals surface area contributed by atoms with Gasteiger partial charge in [0.1, 0.15) is 0 Å². The van der Waals surface area contributed by atoms with Crippen molar-refractivity contribution >= 4 is 22.4 Å². The number of aromatic nitrogens is 3. The minimum absolute atomic E-state index is 0.219. The summed E-state index contributed by atoms with van der Waals surface area (Å²) in [5, 5.41) is 7.87. The van der Waals surface area contributed by atoms with Gasteiger partial charge in [0.05, 0.1) is 28.8 Å². The number of hydrogen-bond donors (Lipinski definition) is 1. The number of aryl methyl sites for hydroxylation is 1. The molecule has 4 aromatic rings. The summed E-state index contributed by atoms with van der Waals surface area (Å²) in [6.07, 6.45) is 2.30. The molecule has 1 aliphatic heterocycles. The molecule has 0 aliphatic carbocycles. The molecule has 0 bridgehead atoms. The average molecular weight is 433 g/mol. The van der Waals surface area contributed by atoms with Crippen LogP contribution in [0, 0.1) is 13.8 Å². The fraction of sp³-hybridized carbons (Fsp3) is 0.174. The van der Waals surface area contributed by atoms with Crippen molar-refractivity contribution in [2.45, 2.75) is 20.3 Å². The van der Waals surface area contributed by atoms with E-state index in [4.69, 9.17) is 9.47 Å². The number of ether oxygens (including phenoxy) is 2. The molecule has 156 valence electrons. The van der Waals surface area contributed by atoms with E-state index < -0.39 is 0 Å². The minimum Gasteiger partial charge on any atom is -0.454 e. The Hall–Kier alpha value is -3.65. The van der Waals surface area contributed by atoms with Gasteiger partial charge in [-0.05, 0) is 43.7 Å². The van der Waals surface area contributed by atoms with Crippen molar-refractivity contribution in [2.24, 2.45) is 0 Å². The van der Waals surface area contributed by atoms with Gasteiger partial charge in [0.2, 0.25) is 6.79 Å². The van der Waals surface area contributed by atoms with E-state index in [-0.39, 0.29) is 12.7 Å². The van der Waals surface area contributed by atoms with Crippen LogP contribution >= 0.6 is 11.3 Å². The monoisotopic (exact) mass is 432 g/mol. The number of nitrogens with zero attached hydrogens (tertiary/aromatic N) is 3. The summed E-state index contributed by atoms with van der Waals surface area (Å²) in [5.41, 5.74) is 4.21. The SMILES string of the molecule is Cc1nc(NC(=O)c2cnn(-c3ccccc3)c2C)sc1Cc1ccc2c(c1)OCO2. The topological polar surface area (TPSA) is 78.3 Å². The average Bonchev–Trinajstić information content (AvgIpc) is 3.47. The zero-order chi connectivity index (χ0) is 21.4. The van der Waals surface area contributed by atoms with E-state index in [0.29, 0.717) is 17.1 Å². The lowest BCUT2D eigenvalue weighted by molar-refractivity contribution is 0.102. The van der Waals surface area contributed by atoms with Gasteiger partial charge in [0, 0.05) is 11.3 Å². The third-order valence-electron chi connectivity index (χ3n) is 5.17. The van der Waals surface area contributed by atoms with Crippen LogP contribution in [0.4, 0.5) is 5.13 Å². The normalized spacial score (nSPS) is 12.2. The maximum Gasteiger partial charge on any atom is 0.260 e. The van der Waals surface area contributed by atoms with E-state index in [2.05, 4.69) is 15.4 Å². The number of carbonyl (C=O) groups excluding carboxylic acids is 1. The highest BCUT2D eigenvalue weighted by molar-refractivity contribution is 7.15. The summed E-state index contributed by atoms with van der Waals surface area (Å²) >= 11 is 1.48. The summed E-state index contributed by atoms with van der Waals surface area (Å²) in [7, 11) is 0. The number of benzene rings is 2. The number of nitrogens with one attached hydrogen (secondary N) is 1. The number of fused-ring (bicyclic) bond motifs is 1. The Morgan fingerprint density at radius 1 is 1.13 bits per heavy atom. The molecule has 5 rings (SSSR count). The number of amides is 1. The third-order valence-corrected chi connectivity index (χ3v) is 6.24. The van der Waals surface area contributed by atoms with Crippen LogP contribution < -0.4 is 14.8 Å². The zero-order valence-electron chi connectivity index (χ0n) is 17.1. The van der Waals surface area contributed by atoms with Gasteiger partial charge in [-0.1, -0.05) is 24.3 Å². The van der Waals surface area contributed by atoms with Crippen LogP contribution in [0.1, 0.15) is 32.2 Å². The lowest BCUT2D eigenvalue weighted by atomic mass is 10.1. The Kier molecular flexibility index (Phi) is 4.91. The maximum atomic E-state index is 12.9. The van der Waals surface area contributed by atoms with Crippen molar-refractivity contribution in [1.82, 2.24) is 14.8 Å². The number of anilines is 1. The Bertz CT molecular complexity index is 1260. The van der Waals surface area contributed by atoms with E-state index in [1.807, 2.05) is 62.4 Å². The summed E-state index contributed by atoms with van der Waals surface area (Å²) < 4.78 is 12.6. The molecular formula is C23H20N4O3S. The Balaban J connectivity index is 1.32. The van der Waals surface area contributed by atoms with Gasteiger partial charge in [-0.15, -0.1) is 11.3 Å². The second kappa shape index (κ2) is 7.88. The second-order valence-corrected chi connectivity index (χ2v) is 8.32. The van der Waals surface area contributed by atoms with Gasteiger partial charge in [-0.3, -0.25) is 10.1 Å². The number of hydrogen-bond acceptors (Lipinski definition) is 6. The molecule has 1 amide bonds. The molecule has 2 aromatic carbocycles. The molecule has 0 radical (unpaired) electrons. The molecule has 0 saturated heterocycles. The predicted molar refractivity (Wildman–Crippen MR) is 118 cm³/mol. The summed E-state index contributed by atoms with van der Waals surface area (Å²) in [6, 6.07) is 15.7. The van der Waals surface area contributed by atoms with Crippen molar-refractivity contribution in [2.75, 3.05) is 12.1 Å². The van der Waals surface area contributed by atoms with Crippen molar-refractivity contribution in [3.8, 4) is 17.2 Å². The molecule has 0 unspecified atom stereocenters. The quantitative estimate of drug-likeness (QED) is 0.502. The summed E-state index contributed by atoms with van der Waals surface area (Å²) in [5.74, 6) is 1.31. The maximum absolute atomic E-state index is 12.9. The molecule has 0 fully saturated rings. The van der Waals surface area contributed by atoms with Crippen molar-refractivity contribution < 1.29 is 14.3 Å². The lowest BCUT2D eigenvalue weighted by Crippen LogP contribution is -2.13. The number of thiazole rings is 1. The molecule has 3 heterocycles. The van der Waals surface area contributed by atoms with Crippen LogP contribution in [-0.4, -0.2) is 27.5 Å². The van der Waals surface area contributed by atoms with E-state index >= 15 is 0 Å². The Morgan fingerprint density at radius 2 is 1.94 bits per heavy atom. The zero-order valence-corrected chi connectivity index (χ0v) is 17.9. The lowest BCUT2D eigenvalue weighted by Gasteiger charge is -2.05. The van der Waals surface area contributed by atoms with Crippen molar-refractivity contribution in [3.63, 3.8) is 0 Å². The van der Waals surface area contributed by atoms with Gasteiger partial charge in [-0.2, -0.15) is 5.10 Å². The van der Waals surface area contributed by atoms with Gasteiger partial charge in [-0.25, -0.2) is 9.67 Å². The molecule has 1 N–H and O–H groups in total. The predicted octanol–water partition coefficient (Wildman–Crippen LogP) is 4.52. The highest BCUT2D eigenvalue weighted by atomic mass is 32.1. The first kappa shape index (κ1) is 19.3. The van der Waals surface area contributed by atoms with Crippen LogP contribution in [0.5, 0.6) is 11.5 Å². The number of rotatable bonds is 5. The van der Waals surface area contributed by atoms with Crippen LogP contribution in [0.15, 0.2) is 54.7 Å². The number of para-hydroxylation sites is 1. The van der Waals surface area contributed by atoms with Crippen molar-refractivity contribution in [3.05, 3.63) is 82.1 Å².